The van der Waals surface area contributed by atoms with Crippen LogP contribution in [-0.2, 0) is 12.7 Å². The molecule has 0 heterocycles. The van der Waals surface area contributed by atoms with Crippen LogP contribution < -0.4 is 15.4 Å². The summed E-state index contributed by atoms with van der Waals surface area (Å²) in [5.41, 5.74) is 2.04. The van der Waals surface area contributed by atoms with Crippen LogP contribution in [0.3, 0.4) is 0 Å². The lowest BCUT2D eigenvalue weighted by molar-refractivity contribution is -0.137. The van der Waals surface area contributed by atoms with Crippen LogP contribution in [0.15, 0.2) is 42.5 Å². The predicted octanol–water partition coefficient (Wildman–Crippen LogP) is 5.81. The van der Waals surface area contributed by atoms with Gasteiger partial charge in [-0.25, -0.2) is 0 Å². The van der Waals surface area contributed by atoms with Crippen molar-refractivity contribution < 1.29 is 17.9 Å². The zero-order chi connectivity index (χ0) is 20.9. The van der Waals surface area contributed by atoms with E-state index in [1.165, 1.54) is 12.1 Å². The first-order valence-corrected chi connectivity index (χ1v) is 10.2. The van der Waals surface area contributed by atoms with Gasteiger partial charge in [0, 0.05) is 24.2 Å². The molecule has 0 spiro atoms. The van der Waals surface area contributed by atoms with Crippen molar-refractivity contribution in [2.45, 2.75) is 57.4 Å². The lowest BCUT2D eigenvalue weighted by atomic mass is 9.91. The number of benzene rings is 2. The Kier molecular flexibility index (Phi) is 9.01. The second kappa shape index (κ2) is 11.0. The van der Waals surface area contributed by atoms with Gasteiger partial charge >= 0.3 is 6.18 Å². The monoisotopic (exact) mass is 442 g/mol. The van der Waals surface area contributed by atoms with Gasteiger partial charge in [0.1, 0.15) is 5.75 Å². The third kappa shape index (κ3) is 6.37. The molecule has 0 unspecified atom stereocenters. The third-order valence-electron chi connectivity index (χ3n) is 5.62. The molecule has 2 aromatic carbocycles. The molecule has 2 N–H and O–H groups in total. The summed E-state index contributed by atoms with van der Waals surface area (Å²) in [6.45, 7) is 3.19. The Balaban J connectivity index is 0.00000320. The highest BCUT2D eigenvalue weighted by molar-refractivity contribution is 5.85. The summed E-state index contributed by atoms with van der Waals surface area (Å²) < 4.78 is 44.2. The number of rotatable bonds is 7. The molecule has 0 aromatic heterocycles. The van der Waals surface area contributed by atoms with E-state index in [-0.39, 0.29) is 12.4 Å². The van der Waals surface area contributed by atoms with Gasteiger partial charge in [-0.15, -0.1) is 12.4 Å². The van der Waals surface area contributed by atoms with Gasteiger partial charge in [-0.2, -0.15) is 13.2 Å². The van der Waals surface area contributed by atoms with Crippen LogP contribution in [0.4, 0.5) is 13.2 Å². The lowest BCUT2D eigenvalue weighted by Gasteiger charge is -2.29. The van der Waals surface area contributed by atoms with E-state index in [0.717, 1.165) is 60.3 Å². The molecule has 1 aliphatic carbocycles. The molecule has 2 aromatic rings. The minimum Gasteiger partial charge on any atom is -0.494 e. The highest BCUT2D eigenvalue weighted by Crippen LogP contribution is 2.32. The summed E-state index contributed by atoms with van der Waals surface area (Å²) in [5, 5.41) is 6.98. The summed E-state index contributed by atoms with van der Waals surface area (Å²) in [6.07, 6.45) is 0.275. The smallest absolute Gasteiger partial charge is 0.416 e. The van der Waals surface area contributed by atoms with Crippen molar-refractivity contribution in [3.05, 3.63) is 53.6 Å². The average Bonchev–Trinajstić information content (AvgIpc) is 2.73. The Labute approximate surface area is 182 Å². The van der Waals surface area contributed by atoms with Gasteiger partial charge < -0.3 is 15.4 Å². The van der Waals surface area contributed by atoms with Crippen molar-refractivity contribution in [3.8, 4) is 16.9 Å². The van der Waals surface area contributed by atoms with Gasteiger partial charge in [-0.1, -0.05) is 18.2 Å². The van der Waals surface area contributed by atoms with Crippen molar-refractivity contribution in [2.24, 2.45) is 0 Å². The van der Waals surface area contributed by atoms with Gasteiger partial charge in [-0.05, 0) is 75.0 Å². The zero-order valence-electron chi connectivity index (χ0n) is 17.4. The van der Waals surface area contributed by atoms with E-state index in [2.05, 4.69) is 10.6 Å². The van der Waals surface area contributed by atoms with Crippen LogP contribution in [0.5, 0.6) is 5.75 Å². The number of hydrogen-bond donors (Lipinski definition) is 2. The Morgan fingerprint density at radius 1 is 0.933 bits per heavy atom. The Bertz CT molecular complexity index is 788. The van der Waals surface area contributed by atoms with Crippen molar-refractivity contribution in [3.63, 3.8) is 0 Å². The normalized spacial score (nSPS) is 19.2. The fourth-order valence-electron chi connectivity index (χ4n) is 3.89. The second-order valence-electron chi connectivity index (χ2n) is 7.55. The van der Waals surface area contributed by atoms with Gasteiger partial charge in [0.25, 0.3) is 0 Å². The molecular formula is C23H30ClF3N2O. The summed E-state index contributed by atoms with van der Waals surface area (Å²) in [5.74, 6) is 0.819. The Hall–Kier alpha value is -1.76. The maximum Gasteiger partial charge on any atom is 0.416 e. The van der Waals surface area contributed by atoms with E-state index < -0.39 is 11.7 Å². The molecule has 3 rings (SSSR count). The minimum absolute atomic E-state index is 0. The number of halogens is 4. The van der Waals surface area contributed by atoms with E-state index in [4.69, 9.17) is 4.74 Å². The average molecular weight is 443 g/mol. The van der Waals surface area contributed by atoms with Crippen molar-refractivity contribution in [2.75, 3.05) is 13.7 Å². The van der Waals surface area contributed by atoms with Gasteiger partial charge in [0.05, 0.1) is 12.2 Å². The van der Waals surface area contributed by atoms with Crippen LogP contribution in [0.2, 0.25) is 0 Å². The summed E-state index contributed by atoms with van der Waals surface area (Å²) in [6, 6.07) is 12.2. The SMILES string of the molecule is CCOc1ccc(-c2ccc(C(F)(F)F)cc2)cc1CNC1CCC(NC)CC1.Cl. The maximum absolute atomic E-state index is 12.8. The fourth-order valence-corrected chi connectivity index (χ4v) is 3.89. The lowest BCUT2D eigenvalue weighted by Crippen LogP contribution is -2.38. The number of alkyl halides is 3. The van der Waals surface area contributed by atoms with Crippen LogP contribution in [0.25, 0.3) is 11.1 Å². The molecule has 0 bridgehead atoms. The summed E-state index contributed by atoms with van der Waals surface area (Å²) in [4.78, 5) is 0. The van der Waals surface area contributed by atoms with E-state index >= 15 is 0 Å². The molecule has 1 fully saturated rings. The standard InChI is InChI=1S/C23H29F3N2O.ClH/c1-3-29-22-13-6-17(16-4-7-19(8-5-16)23(24,25)26)14-18(22)15-28-21-11-9-20(27-2)10-12-21;/h4-8,13-14,20-21,27-28H,3,9-12,15H2,1-2H3;1H. The zero-order valence-corrected chi connectivity index (χ0v) is 18.2. The largest absolute Gasteiger partial charge is 0.494 e. The molecule has 30 heavy (non-hydrogen) atoms. The van der Waals surface area contributed by atoms with Crippen LogP contribution in [0.1, 0.15) is 43.7 Å². The predicted molar refractivity (Wildman–Crippen MR) is 117 cm³/mol. The molecule has 0 radical (unpaired) electrons. The number of hydrogen-bond acceptors (Lipinski definition) is 3. The quantitative estimate of drug-likeness (QED) is 0.567. The van der Waals surface area contributed by atoms with Crippen molar-refractivity contribution in [1.82, 2.24) is 10.6 Å². The molecule has 7 heteroatoms. The molecule has 0 amide bonds. The topological polar surface area (TPSA) is 33.3 Å². The number of nitrogens with one attached hydrogen (secondary N) is 2. The van der Waals surface area contributed by atoms with E-state index in [9.17, 15) is 13.2 Å². The minimum atomic E-state index is -4.32. The first-order valence-electron chi connectivity index (χ1n) is 10.2. The molecule has 166 valence electrons. The molecule has 1 aliphatic rings. The second-order valence-corrected chi connectivity index (χ2v) is 7.55. The van der Waals surface area contributed by atoms with Crippen molar-refractivity contribution >= 4 is 12.4 Å². The van der Waals surface area contributed by atoms with Crippen molar-refractivity contribution in [1.29, 1.82) is 0 Å². The first kappa shape index (κ1) is 24.5. The van der Waals surface area contributed by atoms with Crippen LogP contribution >= 0.6 is 12.4 Å². The summed E-state index contributed by atoms with van der Waals surface area (Å²) in [7, 11) is 2.01. The Morgan fingerprint density at radius 3 is 2.10 bits per heavy atom. The molecule has 1 saturated carbocycles. The highest BCUT2D eigenvalue weighted by Gasteiger charge is 2.30. The third-order valence-corrected chi connectivity index (χ3v) is 5.62. The Morgan fingerprint density at radius 2 is 1.53 bits per heavy atom. The number of ether oxygens (including phenoxy) is 1. The van der Waals surface area contributed by atoms with E-state index in [1.54, 1.807) is 0 Å². The molecule has 0 aliphatic heterocycles. The maximum atomic E-state index is 12.8. The fraction of sp³-hybridized carbons (Fsp3) is 0.478. The highest BCUT2D eigenvalue weighted by atomic mass is 35.5. The molecule has 0 saturated heterocycles. The van der Waals surface area contributed by atoms with E-state index in [1.807, 2.05) is 32.2 Å². The summed E-state index contributed by atoms with van der Waals surface area (Å²) >= 11 is 0. The van der Waals surface area contributed by atoms with Crippen LogP contribution in [-0.4, -0.2) is 25.7 Å². The van der Waals surface area contributed by atoms with Gasteiger partial charge in [-0.3, -0.25) is 0 Å². The van der Waals surface area contributed by atoms with Gasteiger partial charge in [0.2, 0.25) is 0 Å². The molecule has 3 nitrogen and oxygen atoms in total. The molecular weight excluding hydrogens is 413 g/mol. The van der Waals surface area contributed by atoms with Crippen LogP contribution in [0, 0.1) is 0 Å². The first-order chi connectivity index (χ1) is 13.9. The molecule has 0 atom stereocenters. The van der Waals surface area contributed by atoms with Gasteiger partial charge in [0.15, 0.2) is 0 Å². The van der Waals surface area contributed by atoms with E-state index in [0.29, 0.717) is 25.2 Å².